The van der Waals surface area contributed by atoms with E-state index in [0.717, 1.165) is 17.4 Å². The predicted octanol–water partition coefficient (Wildman–Crippen LogP) is 0.00320. The van der Waals surface area contributed by atoms with Crippen LogP contribution in [-0.2, 0) is 14.8 Å². The van der Waals surface area contributed by atoms with E-state index in [-0.39, 0.29) is 15.7 Å². The highest BCUT2D eigenvalue weighted by Gasteiger charge is 2.28. The zero-order chi connectivity index (χ0) is 14.0. The van der Waals surface area contributed by atoms with Crippen molar-refractivity contribution in [1.29, 1.82) is 0 Å². The molecule has 1 aliphatic heterocycles. The third-order valence-corrected chi connectivity index (χ3v) is 5.20. The van der Waals surface area contributed by atoms with Gasteiger partial charge in [0.2, 0.25) is 15.9 Å². The van der Waals surface area contributed by atoms with Gasteiger partial charge in [-0.3, -0.25) is 4.79 Å². The van der Waals surface area contributed by atoms with Crippen molar-refractivity contribution < 1.29 is 23.1 Å². The Hall–Kier alpha value is -1.45. The molecule has 0 saturated carbocycles. The minimum atomic E-state index is -3.87. The molecule has 3 N–H and O–H groups in total. The third-order valence-electron chi connectivity index (χ3n) is 2.68. The summed E-state index contributed by atoms with van der Waals surface area (Å²) in [5.41, 5.74) is 0. The number of rotatable bonds is 4. The molecule has 19 heavy (non-hydrogen) atoms. The second-order valence-electron chi connectivity index (χ2n) is 4.06. The number of carboxylic acids is 1. The lowest BCUT2D eigenvalue weighted by molar-refractivity contribution is -0.124. The molecule has 7 nitrogen and oxygen atoms in total. The van der Waals surface area contributed by atoms with Crippen molar-refractivity contribution in [3.05, 3.63) is 16.3 Å². The maximum absolute atomic E-state index is 12.0. The summed E-state index contributed by atoms with van der Waals surface area (Å²) >= 11 is 0.828. The van der Waals surface area contributed by atoms with Crippen molar-refractivity contribution >= 4 is 33.2 Å². The SMILES string of the molecule is O=C(O)c1cc(S(=O)(=O)NC2CCCNC2=O)cs1. The summed E-state index contributed by atoms with van der Waals surface area (Å²) in [4.78, 5) is 22.0. The first-order chi connectivity index (χ1) is 8.90. The second-order valence-corrected chi connectivity index (χ2v) is 6.68. The monoisotopic (exact) mass is 304 g/mol. The number of hydrogen-bond acceptors (Lipinski definition) is 5. The normalized spacial score (nSPS) is 20.0. The molecule has 1 unspecified atom stereocenters. The second kappa shape index (κ2) is 5.27. The van der Waals surface area contributed by atoms with Crippen molar-refractivity contribution in [2.75, 3.05) is 6.54 Å². The third kappa shape index (κ3) is 3.11. The molecule has 0 bridgehead atoms. The van der Waals surface area contributed by atoms with E-state index >= 15 is 0 Å². The topological polar surface area (TPSA) is 113 Å². The highest BCUT2D eigenvalue weighted by molar-refractivity contribution is 7.89. The number of nitrogens with one attached hydrogen (secondary N) is 2. The first-order valence-corrected chi connectivity index (χ1v) is 7.88. The maximum atomic E-state index is 12.0. The zero-order valence-electron chi connectivity index (χ0n) is 9.75. The van der Waals surface area contributed by atoms with Gasteiger partial charge in [0.05, 0.1) is 4.90 Å². The zero-order valence-corrected chi connectivity index (χ0v) is 11.4. The van der Waals surface area contributed by atoms with Crippen molar-refractivity contribution in [3.63, 3.8) is 0 Å². The smallest absolute Gasteiger partial charge is 0.345 e. The molecule has 0 radical (unpaired) electrons. The van der Waals surface area contributed by atoms with Gasteiger partial charge in [-0.25, -0.2) is 13.2 Å². The Balaban J connectivity index is 2.17. The number of aromatic carboxylic acids is 1. The van der Waals surface area contributed by atoms with Gasteiger partial charge in [0.1, 0.15) is 10.9 Å². The molecule has 1 aliphatic rings. The molecule has 1 saturated heterocycles. The molecule has 1 amide bonds. The van der Waals surface area contributed by atoms with Gasteiger partial charge in [-0.1, -0.05) is 0 Å². The summed E-state index contributed by atoms with van der Waals surface area (Å²) in [5, 5.41) is 12.6. The van der Waals surface area contributed by atoms with Crippen LogP contribution in [0.15, 0.2) is 16.3 Å². The van der Waals surface area contributed by atoms with Crippen LogP contribution in [0.25, 0.3) is 0 Å². The van der Waals surface area contributed by atoms with Gasteiger partial charge in [-0.2, -0.15) is 4.72 Å². The van der Waals surface area contributed by atoms with Crippen LogP contribution >= 0.6 is 11.3 Å². The van der Waals surface area contributed by atoms with E-state index in [2.05, 4.69) is 10.0 Å². The Morgan fingerprint density at radius 3 is 2.84 bits per heavy atom. The molecule has 1 aromatic heterocycles. The summed E-state index contributed by atoms with van der Waals surface area (Å²) in [7, 11) is -3.87. The van der Waals surface area contributed by atoms with Crippen molar-refractivity contribution in [2.45, 2.75) is 23.8 Å². The fourth-order valence-electron chi connectivity index (χ4n) is 1.71. The van der Waals surface area contributed by atoms with Crippen molar-refractivity contribution in [2.24, 2.45) is 0 Å². The Labute approximate surface area is 113 Å². The first-order valence-electron chi connectivity index (χ1n) is 5.52. The summed E-state index contributed by atoms with van der Waals surface area (Å²) in [6, 6.07) is 0.280. The summed E-state index contributed by atoms with van der Waals surface area (Å²) in [6.45, 7) is 0.540. The summed E-state index contributed by atoms with van der Waals surface area (Å²) in [6.07, 6.45) is 1.13. The van der Waals surface area contributed by atoms with Crippen LogP contribution in [0.3, 0.4) is 0 Å². The molecule has 1 atom stereocenters. The van der Waals surface area contributed by atoms with Crippen LogP contribution in [0.5, 0.6) is 0 Å². The number of hydrogen-bond donors (Lipinski definition) is 3. The minimum Gasteiger partial charge on any atom is -0.477 e. The van der Waals surface area contributed by atoms with Crippen LogP contribution < -0.4 is 10.0 Å². The molecule has 9 heteroatoms. The van der Waals surface area contributed by atoms with E-state index in [1.165, 1.54) is 5.38 Å². The molecule has 0 aliphatic carbocycles. The van der Waals surface area contributed by atoms with E-state index in [4.69, 9.17) is 5.11 Å². The molecule has 2 heterocycles. The van der Waals surface area contributed by atoms with E-state index in [1.54, 1.807) is 0 Å². The minimum absolute atomic E-state index is 0.0616. The Morgan fingerprint density at radius 2 is 2.26 bits per heavy atom. The summed E-state index contributed by atoms with van der Waals surface area (Å²) < 4.78 is 26.3. The Bertz CT molecular complexity index is 607. The van der Waals surface area contributed by atoms with Gasteiger partial charge in [-0.15, -0.1) is 11.3 Å². The first kappa shape index (κ1) is 14.0. The van der Waals surface area contributed by atoms with E-state index in [9.17, 15) is 18.0 Å². The lowest BCUT2D eigenvalue weighted by atomic mass is 10.1. The van der Waals surface area contributed by atoms with E-state index in [1.807, 2.05) is 0 Å². The van der Waals surface area contributed by atoms with Gasteiger partial charge < -0.3 is 10.4 Å². The number of piperidine rings is 1. The lowest BCUT2D eigenvalue weighted by Gasteiger charge is -2.22. The van der Waals surface area contributed by atoms with Gasteiger partial charge in [0, 0.05) is 11.9 Å². The fourth-order valence-corrected chi connectivity index (χ4v) is 4.05. The number of carboxylic acid groups (broad SMARTS) is 1. The molecule has 104 valence electrons. The van der Waals surface area contributed by atoms with E-state index in [0.29, 0.717) is 19.4 Å². The number of thiophene rings is 1. The number of amides is 1. The highest BCUT2D eigenvalue weighted by Crippen LogP contribution is 2.20. The Kier molecular flexibility index (Phi) is 3.88. The molecule has 2 rings (SSSR count). The van der Waals surface area contributed by atoms with Crippen molar-refractivity contribution in [1.82, 2.24) is 10.0 Å². The summed E-state index contributed by atoms with van der Waals surface area (Å²) in [5.74, 6) is -1.54. The molecular weight excluding hydrogens is 292 g/mol. The molecule has 1 fully saturated rings. The number of sulfonamides is 1. The number of carbonyl (C=O) groups is 2. The molecule has 1 aromatic rings. The average Bonchev–Trinajstić information content (AvgIpc) is 2.82. The largest absolute Gasteiger partial charge is 0.477 e. The van der Waals surface area contributed by atoms with Gasteiger partial charge >= 0.3 is 5.97 Å². The lowest BCUT2D eigenvalue weighted by Crippen LogP contribution is -2.50. The van der Waals surface area contributed by atoms with Crippen molar-refractivity contribution in [3.8, 4) is 0 Å². The standard InChI is InChI=1S/C10H12N2O5S2/c13-9-7(2-1-3-11-9)12-19(16,17)6-4-8(10(14)15)18-5-6/h4-5,7,12H,1-3H2,(H,11,13)(H,14,15). The molecule has 0 aromatic carbocycles. The quantitative estimate of drug-likeness (QED) is 0.725. The van der Waals surface area contributed by atoms with Gasteiger partial charge in [0.25, 0.3) is 0 Å². The average molecular weight is 304 g/mol. The van der Waals surface area contributed by atoms with Crippen LogP contribution in [0.2, 0.25) is 0 Å². The molecule has 0 spiro atoms. The van der Waals surface area contributed by atoms with E-state index < -0.39 is 22.0 Å². The van der Waals surface area contributed by atoms with Crippen LogP contribution in [-0.4, -0.2) is 38.0 Å². The van der Waals surface area contributed by atoms with Crippen LogP contribution in [0.1, 0.15) is 22.5 Å². The molecular formula is C10H12N2O5S2. The Morgan fingerprint density at radius 1 is 1.53 bits per heavy atom. The van der Waals surface area contributed by atoms with Crippen LogP contribution in [0, 0.1) is 0 Å². The van der Waals surface area contributed by atoms with Gasteiger partial charge in [-0.05, 0) is 18.9 Å². The maximum Gasteiger partial charge on any atom is 0.345 e. The predicted molar refractivity (Wildman–Crippen MR) is 67.6 cm³/mol. The van der Waals surface area contributed by atoms with Gasteiger partial charge in [0.15, 0.2) is 0 Å². The van der Waals surface area contributed by atoms with Crippen LogP contribution in [0.4, 0.5) is 0 Å². The fraction of sp³-hybridized carbons (Fsp3) is 0.400. The number of carbonyl (C=O) groups excluding carboxylic acids is 1. The highest BCUT2D eigenvalue weighted by atomic mass is 32.2.